The van der Waals surface area contributed by atoms with E-state index in [-0.39, 0.29) is 6.42 Å². The number of carbonyl (C=O) groups excluding carboxylic acids is 1. The summed E-state index contributed by atoms with van der Waals surface area (Å²) in [6.07, 6.45) is 35.5. The molecule has 0 N–H and O–H groups in total. The number of carbonyl (C=O) groups is 1. The Labute approximate surface area is 211 Å². The van der Waals surface area contributed by atoms with Crippen LogP contribution in [0.5, 0.6) is 0 Å². The van der Waals surface area contributed by atoms with Crippen molar-refractivity contribution in [1.82, 2.24) is 4.57 Å². The second kappa shape index (κ2) is 26.0. The molecule has 0 saturated carbocycles. The van der Waals surface area contributed by atoms with E-state index in [4.69, 9.17) is 0 Å². The highest BCUT2D eigenvalue weighted by Gasteiger charge is 1.98. The zero-order chi connectivity index (χ0) is 25.1. The van der Waals surface area contributed by atoms with Crippen LogP contribution in [-0.4, -0.2) is 10.5 Å². The van der Waals surface area contributed by atoms with E-state index in [1.807, 2.05) is 0 Å². The fourth-order valence-electron chi connectivity index (χ4n) is 4.05. The van der Waals surface area contributed by atoms with Gasteiger partial charge in [0, 0.05) is 5.97 Å². The average Bonchev–Trinajstić information content (AvgIpc) is 3.24. The van der Waals surface area contributed by atoms with Crippen molar-refractivity contribution in [3.63, 3.8) is 0 Å². The van der Waals surface area contributed by atoms with Crippen LogP contribution in [0.2, 0.25) is 0 Å². The van der Waals surface area contributed by atoms with Crippen molar-refractivity contribution in [2.75, 3.05) is 0 Å². The molecule has 1 rings (SSSR count). The van der Waals surface area contributed by atoms with E-state index in [0.29, 0.717) is 0 Å². The fourth-order valence-corrected chi connectivity index (χ4v) is 4.05. The Kier molecular flexibility index (Phi) is 24.8. The topological polar surface area (TPSA) is 48.9 Å². The lowest BCUT2D eigenvalue weighted by molar-refractivity contribution is -0.696. The molecule has 0 aromatic carbocycles. The molecule has 4 heteroatoms. The highest BCUT2D eigenvalue weighted by molar-refractivity contribution is 5.64. The maximum absolute atomic E-state index is 10.2. The molecule has 1 aromatic heterocycles. The van der Waals surface area contributed by atoms with E-state index in [2.05, 4.69) is 60.9 Å². The van der Waals surface area contributed by atoms with E-state index in [0.717, 1.165) is 19.3 Å². The normalized spacial score (nSPS) is 11.0. The van der Waals surface area contributed by atoms with E-state index < -0.39 is 5.97 Å². The van der Waals surface area contributed by atoms with Gasteiger partial charge in [-0.1, -0.05) is 103 Å². The molecule has 0 atom stereocenters. The smallest absolute Gasteiger partial charge is 0.243 e. The van der Waals surface area contributed by atoms with Crippen LogP contribution in [0.3, 0.4) is 0 Å². The Hall–Kier alpha value is -1.58. The number of aliphatic carboxylic acids is 1. The van der Waals surface area contributed by atoms with E-state index >= 15 is 0 Å². The number of hydrogen-bond donors (Lipinski definition) is 0. The maximum atomic E-state index is 10.2. The molecule has 0 aliphatic carbocycles. The number of allylic oxidation sites excluding steroid dienone is 2. The molecule has 0 amide bonds. The molecular weight excluding hydrogens is 420 g/mol. The number of aromatic nitrogens is 2. The summed E-state index contributed by atoms with van der Waals surface area (Å²) in [6.45, 7) is 5.69. The average molecular weight is 477 g/mol. The van der Waals surface area contributed by atoms with Crippen LogP contribution in [0.25, 0.3) is 0 Å². The Bertz CT molecular complexity index is 580. The van der Waals surface area contributed by atoms with Crippen molar-refractivity contribution in [2.45, 2.75) is 149 Å². The Morgan fingerprint density at radius 2 is 1.21 bits per heavy atom. The molecule has 1 aromatic rings. The van der Waals surface area contributed by atoms with Gasteiger partial charge in [0.1, 0.15) is 12.4 Å². The van der Waals surface area contributed by atoms with Gasteiger partial charge in [-0.15, -0.1) is 0 Å². The lowest BCUT2D eigenvalue weighted by Crippen LogP contribution is -2.30. The number of hydrogen-bond acceptors (Lipinski definition) is 2. The van der Waals surface area contributed by atoms with Crippen molar-refractivity contribution >= 4 is 5.97 Å². The minimum atomic E-state index is -0.914. The number of carboxylic acid groups (broad SMARTS) is 1. The molecule has 0 aliphatic heterocycles. The highest BCUT2D eigenvalue weighted by Crippen LogP contribution is 2.09. The van der Waals surface area contributed by atoms with Gasteiger partial charge < -0.3 is 9.90 Å². The lowest BCUT2D eigenvalue weighted by atomic mass is 10.1. The molecular formula is C30H56N2O2. The summed E-state index contributed by atoms with van der Waals surface area (Å²) in [6, 6.07) is 0. The quantitative estimate of drug-likeness (QED) is 0.0991. The maximum Gasteiger partial charge on any atom is 0.243 e. The first kappa shape index (κ1) is 32.4. The Morgan fingerprint density at radius 3 is 1.68 bits per heavy atom. The number of carboxylic acids is 1. The molecule has 0 bridgehead atoms. The number of aryl methyl sites for hydroxylation is 2. The van der Waals surface area contributed by atoms with Crippen LogP contribution in [0.1, 0.15) is 142 Å². The predicted molar refractivity (Wildman–Crippen MR) is 143 cm³/mol. The largest absolute Gasteiger partial charge is 0.550 e. The van der Waals surface area contributed by atoms with E-state index in [1.165, 1.54) is 109 Å². The first-order valence-corrected chi connectivity index (χ1v) is 14.5. The molecule has 4 nitrogen and oxygen atoms in total. The van der Waals surface area contributed by atoms with Crippen molar-refractivity contribution in [3.05, 3.63) is 30.9 Å². The first-order valence-electron chi connectivity index (χ1n) is 14.5. The molecule has 0 aliphatic rings. The minimum absolute atomic E-state index is 0.220. The van der Waals surface area contributed by atoms with Gasteiger partial charge in [-0.05, 0) is 51.4 Å². The van der Waals surface area contributed by atoms with Crippen molar-refractivity contribution in [1.29, 1.82) is 0 Å². The fraction of sp³-hybridized carbons (Fsp3) is 0.800. The van der Waals surface area contributed by atoms with Crippen LogP contribution < -0.4 is 9.67 Å². The summed E-state index contributed by atoms with van der Waals surface area (Å²) in [5.74, 6) is -0.914. The third kappa shape index (κ3) is 25.1. The number of nitrogens with zero attached hydrogens (tertiary/aromatic N) is 2. The second-order valence-electron chi connectivity index (χ2n) is 9.79. The van der Waals surface area contributed by atoms with Crippen molar-refractivity contribution < 1.29 is 14.5 Å². The Balaban J connectivity index is 0.000000679. The summed E-state index contributed by atoms with van der Waals surface area (Å²) < 4.78 is 4.36. The summed E-state index contributed by atoms with van der Waals surface area (Å²) in [5.41, 5.74) is 0. The molecule has 0 spiro atoms. The Morgan fingerprint density at radius 1 is 0.735 bits per heavy atom. The van der Waals surface area contributed by atoms with Gasteiger partial charge in [0.15, 0.2) is 0 Å². The predicted octanol–water partition coefficient (Wildman–Crippen LogP) is 7.45. The van der Waals surface area contributed by atoms with Crippen LogP contribution in [0, 0.1) is 0 Å². The van der Waals surface area contributed by atoms with Gasteiger partial charge in [-0.25, -0.2) is 9.13 Å². The SMILES string of the molecule is CCCCCCCC/C=C\CCCCCCCC(=O)[O-].CCCCCCCC[n+]1ccn(C)c1. The molecule has 198 valence electrons. The van der Waals surface area contributed by atoms with Gasteiger partial charge in [0.2, 0.25) is 6.33 Å². The van der Waals surface area contributed by atoms with Crippen molar-refractivity contribution in [3.8, 4) is 0 Å². The summed E-state index contributed by atoms with van der Waals surface area (Å²) in [7, 11) is 2.07. The van der Waals surface area contributed by atoms with Crippen LogP contribution >= 0.6 is 0 Å². The standard InChI is InChI=1S/C18H34O2.C12H23N2/c1-2-3-4-5-6-7-8-9-10-11-12-13-14-15-16-17-18(19)20;1-3-4-5-6-7-8-9-14-11-10-13(2)12-14/h9-10H,2-8,11-17H2,1H3,(H,19,20);10-12H,3-9H2,1-2H3/q;+1/p-1/b10-9-;. The minimum Gasteiger partial charge on any atom is -0.550 e. The third-order valence-corrected chi connectivity index (χ3v) is 6.24. The second-order valence-corrected chi connectivity index (χ2v) is 9.79. The molecule has 1 heterocycles. The van der Waals surface area contributed by atoms with Crippen LogP contribution in [0.4, 0.5) is 0 Å². The van der Waals surface area contributed by atoms with E-state index in [1.54, 1.807) is 0 Å². The number of unbranched alkanes of at least 4 members (excludes halogenated alkanes) is 16. The lowest BCUT2D eigenvalue weighted by Gasteiger charge is -2.01. The molecule has 0 radical (unpaired) electrons. The van der Waals surface area contributed by atoms with Crippen molar-refractivity contribution in [2.24, 2.45) is 7.05 Å². The van der Waals surface area contributed by atoms with Crippen LogP contribution in [0.15, 0.2) is 30.9 Å². The first-order chi connectivity index (χ1) is 16.6. The number of imidazole rings is 1. The summed E-state index contributed by atoms with van der Waals surface area (Å²) in [5, 5.41) is 10.2. The number of rotatable bonds is 22. The molecule has 0 saturated heterocycles. The monoisotopic (exact) mass is 476 g/mol. The highest BCUT2D eigenvalue weighted by atomic mass is 16.4. The van der Waals surface area contributed by atoms with Crippen LogP contribution in [-0.2, 0) is 18.4 Å². The van der Waals surface area contributed by atoms with Gasteiger partial charge >= 0.3 is 0 Å². The van der Waals surface area contributed by atoms with Gasteiger partial charge in [0.05, 0.1) is 13.6 Å². The summed E-state index contributed by atoms with van der Waals surface area (Å²) >= 11 is 0. The van der Waals surface area contributed by atoms with E-state index in [9.17, 15) is 9.90 Å². The zero-order valence-electron chi connectivity index (χ0n) is 22.9. The molecule has 0 unspecified atom stereocenters. The molecule has 0 fully saturated rings. The van der Waals surface area contributed by atoms with Gasteiger partial charge in [0.25, 0.3) is 0 Å². The van der Waals surface area contributed by atoms with Gasteiger partial charge in [-0.2, -0.15) is 0 Å². The third-order valence-electron chi connectivity index (χ3n) is 6.24. The van der Waals surface area contributed by atoms with Gasteiger partial charge in [-0.3, -0.25) is 0 Å². The zero-order valence-corrected chi connectivity index (χ0v) is 22.9. The summed E-state index contributed by atoms with van der Waals surface area (Å²) in [4.78, 5) is 10.2. The molecule has 34 heavy (non-hydrogen) atoms.